The number of likely N-dealkylation sites (tertiary alicyclic amines) is 1. The lowest BCUT2D eigenvalue weighted by Crippen LogP contribution is -2.41. The van der Waals surface area contributed by atoms with Crippen molar-refractivity contribution in [1.82, 2.24) is 14.9 Å². The SMILES string of the molecule is CC(C)Oc1ccc(C(=O)N2CCC(Oc3ncccn3)CC2)cc1. The Morgan fingerprint density at radius 1 is 1.12 bits per heavy atom. The molecule has 1 saturated heterocycles. The smallest absolute Gasteiger partial charge is 0.316 e. The van der Waals surface area contributed by atoms with Gasteiger partial charge in [0.05, 0.1) is 6.10 Å². The van der Waals surface area contributed by atoms with E-state index in [0.29, 0.717) is 24.7 Å². The van der Waals surface area contributed by atoms with Crippen molar-refractivity contribution in [3.05, 3.63) is 48.3 Å². The third kappa shape index (κ3) is 4.68. The van der Waals surface area contributed by atoms with Gasteiger partial charge in [-0.3, -0.25) is 4.79 Å². The summed E-state index contributed by atoms with van der Waals surface area (Å²) in [6.45, 7) is 5.29. The first-order chi connectivity index (χ1) is 12.1. The predicted octanol–water partition coefficient (Wildman–Crippen LogP) is 2.95. The molecule has 0 aliphatic carbocycles. The number of benzene rings is 1. The van der Waals surface area contributed by atoms with Gasteiger partial charge in [-0.25, -0.2) is 9.97 Å². The molecule has 132 valence electrons. The lowest BCUT2D eigenvalue weighted by atomic mass is 10.1. The third-order valence-electron chi connectivity index (χ3n) is 4.02. The van der Waals surface area contributed by atoms with Gasteiger partial charge in [-0.05, 0) is 44.2 Å². The lowest BCUT2D eigenvalue weighted by molar-refractivity contribution is 0.0578. The van der Waals surface area contributed by atoms with Crippen molar-refractivity contribution >= 4 is 5.91 Å². The minimum atomic E-state index is 0.0468. The minimum absolute atomic E-state index is 0.0468. The summed E-state index contributed by atoms with van der Waals surface area (Å²) in [5, 5.41) is 0. The second-order valence-corrected chi connectivity index (χ2v) is 6.33. The molecule has 1 fully saturated rings. The molecular formula is C19H23N3O3. The van der Waals surface area contributed by atoms with Crippen molar-refractivity contribution in [2.45, 2.75) is 38.9 Å². The maximum atomic E-state index is 12.6. The Balaban J connectivity index is 1.52. The van der Waals surface area contributed by atoms with Gasteiger partial charge in [-0.15, -0.1) is 0 Å². The van der Waals surface area contributed by atoms with E-state index in [4.69, 9.17) is 9.47 Å². The van der Waals surface area contributed by atoms with Crippen LogP contribution in [-0.4, -0.2) is 46.1 Å². The number of ether oxygens (including phenoxy) is 2. The summed E-state index contributed by atoms with van der Waals surface area (Å²) in [5.41, 5.74) is 0.682. The van der Waals surface area contributed by atoms with Crippen molar-refractivity contribution < 1.29 is 14.3 Å². The highest BCUT2D eigenvalue weighted by Gasteiger charge is 2.25. The van der Waals surface area contributed by atoms with E-state index in [1.807, 2.05) is 43.0 Å². The summed E-state index contributed by atoms with van der Waals surface area (Å²) in [5.74, 6) is 0.826. The van der Waals surface area contributed by atoms with Gasteiger partial charge >= 0.3 is 6.01 Å². The Morgan fingerprint density at radius 3 is 2.36 bits per heavy atom. The summed E-state index contributed by atoms with van der Waals surface area (Å²) < 4.78 is 11.4. The highest BCUT2D eigenvalue weighted by atomic mass is 16.5. The van der Waals surface area contributed by atoms with E-state index in [1.54, 1.807) is 18.5 Å². The fourth-order valence-electron chi connectivity index (χ4n) is 2.80. The van der Waals surface area contributed by atoms with E-state index in [0.717, 1.165) is 18.6 Å². The molecule has 0 unspecified atom stereocenters. The molecule has 6 heteroatoms. The van der Waals surface area contributed by atoms with Crippen molar-refractivity contribution in [3.8, 4) is 11.8 Å². The number of rotatable bonds is 5. The van der Waals surface area contributed by atoms with Crippen LogP contribution in [-0.2, 0) is 0 Å². The van der Waals surface area contributed by atoms with E-state index >= 15 is 0 Å². The fourth-order valence-corrected chi connectivity index (χ4v) is 2.80. The number of hydrogen-bond acceptors (Lipinski definition) is 5. The Labute approximate surface area is 147 Å². The number of amides is 1. The highest BCUT2D eigenvalue weighted by Crippen LogP contribution is 2.19. The van der Waals surface area contributed by atoms with E-state index in [-0.39, 0.29) is 18.1 Å². The number of carbonyl (C=O) groups excluding carboxylic acids is 1. The quantitative estimate of drug-likeness (QED) is 0.836. The summed E-state index contributed by atoms with van der Waals surface area (Å²) in [6.07, 6.45) is 5.04. The number of aromatic nitrogens is 2. The van der Waals surface area contributed by atoms with Crippen LogP contribution in [0.2, 0.25) is 0 Å². The maximum Gasteiger partial charge on any atom is 0.316 e. The number of nitrogens with zero attached hydrogens (tertiary/aromatic N) is 3. The molecule has 25 heavy (non-hydrogen) atoms. The molecule has 0 bridgehead atoms. The molecular weight excluding hydrogens is 318 g/mol. The van der Waals surface area contributed by atoms with Crippen LogP contribution in [0.25, 0.3) is 0 Å². The van der Waals surface area contributed by atoms with Crippen molar-refractivity contribution in [1.29, 1.82) is 0 Å². The van der Waals surface area contributed by atoms with E-state index in [2.05, 4.69) is 9.97 Å². The zero-order valence-corrected chi connectivity index (χ0v) is 14.6. The second-order valence-electron chi connectivity index (χ2n) is 6.33. The molecule has 1 aliphatic heterocycles. The Morgan fingerprint density at radius 2 is 1.76 bits per heavy atom. The molecule has 1 aliphatic rings. The standard InChI is InChI=1S/C19H23N3O3/c1-14(2)24-16-6-4-15(5-7-16)18(23)22-12-8-17(9-13-22)25-19-20-10-3-11-21-19/h3-7,10-11,14,17H,8-9,12-13H2,1-2H3. The number of hydrogen-bond donors (Lipinski definition) is 0. The molecule has 1 aromatic heterocycles. The van der Waals surface area contributed by atoms with Gasteiger partial charge < -0.3 is 14.4 Å². The maximum absolute atomic E-state index is 12.6. The zero-order valence-electron chi connectivity index (χ0n) is 14.6. The highest BCUT2D eigenvalue weighted by molar-refractivity contribution is 5.94. The van der Waals surface area contributed by atoms with Gasteiger partial charge in [-0.1, -0.05) is 0 Å². The van der Waals surface area contributed by atoms with E-state index in [1.165, 1.54) is 0 Å². The molecule has 0 N–H and O–H groups in total. The Kier molecular flexibility index (Phi) is 5.48. The molecule has 1 aromatic carbocycles. The third-order valence-corrected chi connectivity index (χ3v) is 4.02. The van der Waals surface area contributed by atoms with Gasteiger partial charge in [-0.2, -0.15) is 0 Å². The summed E-state index contributed by atoms with van der Waals surface area (Å²) in [7, 11) is 0. The first kappa shape index (κ1) is 17.2. The van der Waals surface area contributed by atoms with Crippen LogP contribution in [0.15, 0.2) is 42.7 Å². The summed E-state index contributed by atoms with van der Waals surface area (Å²) in [4.78, 5) is 22.6. The largest absolute Gasteiger partial charge is 0.491 e. The second kappa shape index (κ2) is 7.96. The van der Waals surface area contributed by atoms with Crippen LogP contribution < -0.4 is 9.47 Å². The van der Waals surface area contributed by atoms with Crippen LogP contribution >= 0.6 is 0 Å². The zero-order chi connectivity index (χ0) is 17.6. The number of carbonyl (C=O) groups is 1. The van der Waals surface area contributed by atoms with E-state index < -0.39 is 0 Å². The lowest BCUT2D eigenvalue weighted by Gasteiger charge is -2.31. The summed E-state index contributed by atoms with van der Waals surface area (Å²) in [6, 6.07) is 9.48. The van der Waals surface area contributed by atoms with Gasteiger partial charge in [0.2, 0.25) is 0 Å². The monoisotopic (exact) mass is 341 g/mol. The van der Waals surface area contributed by atoms with Gasteiger partial charge in [0, 0.05) is 43.9 Å². The van der Waals surface area contributed by atoms with Crippen molar-refractivity contribution in [2.24, 2.45) is 0 Å². The molecule has 0 atom stereocenters. The topological polar surface area (TPSA) is 64.5 Å². The summed E-state index contributed by atoms with van der Waals surface area (Å²) >= 11 is 0. The molecule has 6 nitrogen and oxygen atoms in total. The molecule has 0 spiro atoms. The molecule has 2 heterocycles. The number of piperidine rings is 1. The van der Waals surface area contributed by atoms with Gasteiger partial charge in [0.15, 0.2) is 0 Å². The predicted molar refractivity (Wildman–Crippen MR) is 93.8 cm³/mol. The van der Waals surface area contributed by atoms with Gasteiger partial charge in [0.1, 0.15) is 11.9 Å². The van der Waals surface area contributed by atoms with Crippen LogP contribution in [0.3, 0.4) is 0 Å². The van der Waals surface area contributed by atoms with Crippen molar-refractivity contribution in [3.63, 3.8) is 0 Å². The normalized spacial score (nSPS) is 15.2. The molecule has 2 aromatic rings. The Hall–Kier alpha value is -2.63. The molecule has 1 amide bonds. The average molecular weight is 341 g/mol. The first-order valence-corrected chi connectivity index (χ1v) is 8.61. The van der Waals surface area contributed by atoms with Crippen molar-refractivity contribution in [2.75, 3.05) is 13.1 Å². The van der Waals surface area contributed by atoms with Gasteiger partial charge in [0.25, 0.3) is 5.91 Å². The van der Waals surface area contributed by atoms with Crippen LogP contribution in [0.1, 0.15) is 37.0 Å². The van der Waals surface area contributed by atoms with Crippen LogP contribution in [0, 0.1) is 0 Å². The fraction of sp³-hybridized carbons (Fsp3) is 0.421. The molecule has 3 rings (SSSR count). The average Bonchev–Trinajstić information content (AvgIpc) is 2.63. The molecule has 0 saturated carbocycles. The molecule has 0 radical (unpaired) electrons. The Bertz CT molecular complexity index is 681. The van der Waals surface area contributed by atoms with E-state index in [9.17, 15) is 4.79 Å². The van der Waals surface area contributed by atoms with Crippen LogP contribution in [0.5, 0.6) is 11.8 Å². The van der Waals surface area contributed by atoms with Crippen LogP contribution in [0.4, 0.5) is 0 Å². The minimum Gasteiger partial charge on any atom is -0.491 e. The first-order valence-electron chi connectivity index (χ1n) is 8.61.